The minimum absolute atomic E-state index is 0.171. The van der Waals surface area contributed by atoms with Crippen molar-refractivity contribution in [2.75, 3.05) is 21.3 Å². The van der Waals surface area contributed by atoms with E-state index in [-0.39, 0.29) is 5.91 Å². The van der Waals surface area contributed by atoms with Gasteiger partial charge in [-0.1, -0.05) is 52.0 Å². The largest absolute Gasteiger partial charge is 0.497 e. The summed E-state index contributed by atoms with van der Waals surface area (Å²) in [6.45, 7) is 10.6. The molecule has 0 aromatic heterocycles. The molecule has 2 rings (SSSR count). The van der Waals surface area contributed by atoms with E-state index in [4.69, 9.17) is 9.47 Å². The number of carbonyl (C=O) groups is 2. The van der Waals surface area contributed by atoms with Crippen LogP contribution in [-0.4, -0.2) is 43.4 Å². The van der Waals surface area contributed by atoms with Crippen LogP contribution in [0.2, 0.25) is 0 Å². The zero-order valence-corrected chi connectivity index (χ0v) is 20.7. The summed E-state index contributed by atoms with van der Waals surface area (Å²) in [5.74, 6) is 1.35. The fraction of sp³-hybridized carbons (Fsp3) is 0.385. The molecule has 32 heavy (non-hydrogen) atoms. The van der Waals surface area contributed by atoms with E-state index in [1.54, 1.807) is 33.1 Å². The second-order valence-corrected chi connectivity index (χ2v) is 6.41. The maximum absolute atomic E-state index is 12.5. The summed E-state index contributed by atoms with van der Waals surface area (Å²) in [6, 6.07) is 15.0. The Bertz CT molecular complexity index is 815. The van der Waals surface area contributed by atoms with E-state index in [2.05, 4.69) is 0 Å². The Labute approximate surface area is 193 Å². The topological polar surface area (TPSA) is 59.1 Å². The Morgan fingerprint density at radius 1 is 0.812 bits per heavy atom. The van der Waals surface area contributed by atoms with Gasteiger partial charge in [0.2, 0.25) is 12.3 Å². The zero-order chi connectivity index (χ0) is 24.5. The predicted molar refractivity (Wildman–Crippen MR) is 131 cm³/mol. The lowest BCUT2D eigenvalue weighted by Crippen LogP contribution is -2.27. The molecule has 0 aliphatic carbocycles. The SMILES string of the molecule is CC.CC.COc1ccc(CN(C)C(=O)/C=C(/C)N(C=O)Cc2ccc(OC)cc2)cc1. The lowest BCUT2D eigenvalue weighted by Gasteiger charge is -2.20. The summed E-state index contributed by atoms with van der Waals surface area (Å²) >= 11 is 0. The quantitative estimate of drug-likeness (QED) is 0.392. The summed E-state index contributed by atoms with van der Waals surface area (Å²) in [6.07, 6.45) is 2.20. The average Bonchev–Trinajstić information content (AvgIpc) is 2.85. The van der Waals surface area contributed by atoms with Crippen molar-refractivity contribution in [3.05, 3.63) is 71.4 Å². The molecule has 0 aliphatic rings. The number of allylic oxidation sites excluding steroid dienone is 1. The Morgan fingerprint density at radius 3 is 1.59 bits per heavy atom. The van der Waals surface area contributed by atoms with Gasteiger partial charge in [-0.05, 0) is 42.3 Å². The van der Waals surface area contributed by atoms with E-state index in [0.717, 1.165) is 29.0 Å². The first-order valence-electron chi connectivity index (χ1n) is 10.9. The Hall–Kier alpha value is -3.28. The molecule has 0 unspecified atom stereocenters. The number of hydrogen-bond acceptors (Lipinski definition) is 4. The molecule has 0 saturated heterocycles. The summed E-state index contributed by atoms with van der Waals surface area (Å²) < 4.78 is 10.3. The maximum Gasteiger partial charge on any atom is 0.248 e. The minimum Gasteiger partial charge on any atom is -0.497 e. The highest BCUT2D eigenvalue weighted by atomic mass is 16.5. The van der Waals surface area contributed by atoms with Gasteiger partial charge in [-0.2, -0.15) is 0 Å². The lowest BCUT2D eigenvalue weighted by molar-refractivity contribution is -0.125. The van der Waals surface area contributed by atoms with E-state index in [1.165, 1.54) is 11.0 Å². The molecule has 0 radical (unpaired) electrons. The van der Waals surface area contributed by atoms with E-state index >= 15 is 0 Å². The fourth-order valence-electron chi connectivity index (χ4n) is 2.63. The minimum atomic E-state index is -0.171. The average molecular weight is 443 g/mol. The van der Waals surface area contributed by atoms with E-state index in [1.807, 2.05) is 76.2 Å². The molecule has 2 aromatic carbocycles. The third kappa shape index (κ3) is 9.69. The van der Waals surface area contributed by atoms with Crippen LogP contribution in [0.1, 0.15) is 45.7 Å². The molecular formula is C26H38N2O4. The maximum atomic E-state index is 12.5. The molecule has 2 aromatic rings. The van der Waals surface area contributed by atoms with Gasteiger partial charge in [0.25, 0.3) is 0 Å². The highest BCUT2D eigenvalue weighted by Gasteiger charge is 2.11. The standard InChI is InChI=1S/C22H26N2O4.2C2H6/c1-17(24(16-25)15-19-7-11-21(28-4)12-8-19)13-22(26)23(2)14-18-5-9-20(27-3)10-6-18;2*1-2/h5-13,16H,14-15H2,1-4H3;2*1-2H3/b17-13-;;. The van der Waals surface area contributed by atoms with Crippen molar-refractivity contribution in [3.63, 3.8) is 0 Å². The molecule has 6 heteroatoms. The molecule has 0 saturated carbocycles. The Kier molecular flexibility index (Phi) is 14.7. The predicted octanol–water partition coefficient (Wildman–Crippen LogP) is 5.28. The molecular weight excluding hydrogens is 404 g/mol. The molecule has 0 spiro atoms. The molecule has 6 nitrogen and oxygen atoms in total. The number of hydrogen-bond donors (Lipinski definition) is 0. The van der Waals surface area contributed by atoms with Gasteiger partial charge >= 0.3 is 0 Å². The number of likely N-dealkylation sites (N-methyl/N-ethyl adjacent to an activating group) is 1. The van der Waals surface area contributed by atoms with Gasteiger partial charge in [0.15, 0.2) is 0 Å². The van der Waals surface area contributed by atoms with Crippen LogP contribution in [0.25, 0.3) is 0 Å². The first kappa shape index (κ1) is 28.7. The highest BCUT2D eigenvalue weighted by molar-refractivity contribution is 5.88. The van der Waals surface area contributed by atoms with Gasteiger partial charge in [0, 0.05) is 25.4 Å². The van der Waals surface area contributed by atoms with Gasteiger partial charge in [-0.25, -0.2) is 0 Å². The number of benzene rings is 2. The van der Waals surface area contributed by atoms with Crippen molar-refractivity contribution in [1.82, 2.24) is 9.80 Å². The highest BCUT2D eigenvalue weighted by Crippen LogP contribution is 2.15. The van der Waals surface area contributed by atoms with Crippen LogP contribution >= 0.6 is 0 Å². The molecule has 176 valence electrons. The third-order valence-corrected chi connectivity index (χ3v) is 4.38. The molecule has 0 heterocycles. The van der Waals surface area contributed by atoms with Crippen LogP contribution in [0.3, 0.4) is 0 Å². The molecule has 0 N–H and O–H groups in total. The second-order valence-electron chi connectivity index (χ2n) is 6.41. The van der Waals surface area contributed by atoms with Gasteiger partial charge in [0.05, 0.1) is 20.8 Å². The van der Waals surface area contributed by atoms with E-state index in [9.17, 15) is 9.59 Å². The normalized spacial score (nSPS) is 9.94. The Morgan fingerprint density at radius 2 is 1.22 bits per heavy atom. The van der Waals surface area contributed by atoms with Crippen molar-refractivity contribution in [3.8, 4) is 11.5 Å². The molecule has 2 amide bonds. The van der Waals surface area contributed by atoms with Crippen molar-refractivity contribution < 1.29 is 19.1 Å². The molecule has 0 fully saturated rings. The first-order valence-corrected chi connectivity index (χ1v) is 10.9. The number of carbonyl (C=O) groups excluding carboxylic acids is 2. The monoisotopic (exact) mass is 442 g/mol. The smallest absolute Gasteiger partial charge is 0.248 e. The Balaban J connectivity index is 0.00000227. The van der Waals surface area contributed by atoms with Crippen molar-refractivity contribution in [2.45, 2.75) is 47.7 Å². The fourth-order valence-corrected chi connectivity index (χ4v) is 2.63. The lowest BCUT2D eigenvalue weighted by atomic mass is 10.2. The van der Waals surface area contributed by atoms with Gasteiger partial charge in [0.1, 0.15) is 11.5 Å². The van der Waals surface area contributed by atoms with Crippen molar-refractivity contribution in [2.24, 2.45) is 0 Å². The van der Waals surface area contributed by atoms with Crippen LogP contribution < -0.4 is 9.47 Å². The van der Waals surface area contributed by atoms with Crippen LogP contribution in [0, 0.1) is 0 Å². The molecule has 0 aliphatic heterocycles. The van der Waals surface area contributed by atoms with Crippen LogP contribution in [0.15, 0.2) is 60.3 Å². The van der Waals surface area contributed by atoms with E-state index in [0.29, 0.717) is 18.8 Å². The molecule has 0 bridgehead atoms. The van der Waals surface area contributed by atoms with E-state index < -0.39 is 0 Å². The number of nitrogens with zero attached hydrogens (tertiary/aromatic N) is 2. The van der Waals surface area contributed by atoms with Crippen LogP contribution in [0.4, 0.5) is 0 Å². The van der Waals surface area contributed by atoms with Crippen LogP contribution in [0.5, 0.6) is 11.5 Å². The van der Waals surface area contributed by atoms with Gasteiger partial charge < -0.3 is 19.3 Å². The first-order chi connectivity index (χ1) is 15.5. The second kappa shape index (κ2) is 16.4. The van der Waals surface area contributed by atoms with Crippen molar-refractivity contribution in [1.29, 1.82) is 0 Å². The summed E-state index contributed by atoms with van der Waals surface area (Å²) in [5, 5.41) is 0. The number of ether oxygens (including phenoxy) is 2. The summed E-state index contributed by atoms with van der Waals surface area (Å²) in [5.41, 5.74) is 2.52. The summed E-state index contributed by atoms with van der Waals surface area (Å²) in [4.78, 5) is 27.1. The number of amides is 2. The zero-order valence-electron chi connectivity index (χ0n) is 20.7. The summed E-state index contributed by atoms with van der Waals surface area (Å²) in [7, 11) is 4.95. The van der Waals surface area contributed by atoms with Crippen LogP contribution in [-0.2, 0) is 22.7 Å². The van der Waals surface area contributed by atoms with Gasteiger partial charge in [-0.15, -0.1) is 0 Å². The van der Waals surface area contributed by atoms with Gasteiger partial charge in [-0.3, -0.25) is 9.59 Å². The third-order valence-electron chi connectivity index (χ3n) is 4.38. The van der Waals surface area contributed by atoms with Crippen molar-refractivity contribution >= 4 is 12.3 Å². The molecule has 0 atom stereocenters. The number of methoxy groups -OCH3 is 2. The number of rotatable bonds is 9.